The largest absolute Gasteiger partial charge is 0.396 e. The van der Waals surface area contributed by atoms with Crippen LogP contribution < -0.4 is 0 Å². The highest BCUT2D eigenvalue weighted by Crippen LogP contribution is 2.27. The SMILES string of the molecule is OCCCn1cc(COCc2cc(-c3cccc(Br)c3)nc3ccccc23)nn1. The van der Waals surface area contributed by atoms with E-state index in [1.807, 2.05) is 36.5 Å². The lowest BCUT2D eigenvalue weighted by Crippen LogP contribution is -2.00. The van der Waals surface area contributed by atoms with Crippen molar-refractivity contribution in [1.29, 1.82) is 0 Å². The Morgan fingerprint density at radius 3 is 2.79 bits per heavy atom. The third-order valence-corrected chi connectivity index (χ3v) is 5.05. The summed E-state index contributed by atoms with van der Waals surface area (Å²) in [5.41, 5.74) is 4.77. The zero-order valence-electron chi connectivity index (χ0n) is 15.8. The lowest BCUT2D eigenvalue weighted by Gasteiger charge is -2.10. The highest BCUT2D eigenvalue weighted by molar-refractivity contribution is 9.10. The molecule has 0 aliphatic heterocycles. The first-order chi connectivity index (χ1) is 14.2. The first-order valence-corrected chi connectivity index (χ1v) is 10.2. The molecule has 6 nitrogen and oxygen atoms in total. The number of fused-ring (bicyclic) bond motifs is 1. The van der Waals surface area contributed by atoms with Gasteiger partial charge in [-0.3, -0.25) is 4.68 Å². The highest BCUT2D eigenvalue weighted by Gasteiger charge is 2.09. The number of pyridine rings is 1. The van der Waals surface area contributed by atoms with Gasteiger partial charge in [-0.15, -0.1) is 5.10 Å². The summed E-state index contributed by atoms with van der Waals surface area (Å²) in [4.78, 5) is 4.82. The van der Waals surface area contributed by atoms with Crippen LogP contribution in [0.3, 0.4) is 0 Å². The van der Waals surface area contributed by atoms with E-state index in [0.717, 1.165) is 37.9 Å². The Balaban J connectivity index is 1.54. The summed E-state index contributed by atoms with van der Waals surface area (Å²) in [5.74, 6) is 0. The molecule has 0 spiro atoms. The standard InChI is InChI=1S/C22H21BrN4O2/c23-18-6-3-5-16(11-18)22-12-17(20-7-1-2-8-21(20)24-22)14-29-15-19-13-27(26-25-19)9-4-10-28/h1-3,5-8,11-13,28H,4,9-10,14-15H2. The van der Waals surface area contributed by atoms with E-state index >= 15 is 0 Å². The fourth-order valence-electron chi connectivity index (χ4n) is 3.17. The molecule has 2 aromatic carbocycles. The van der Waals surface area contributed by atoms with Crippen molar-refractivity contribution in [2.75, 3.05) is 6.61 Å². The Bertz CT molecular complexity index is 1110. The van der Waals surface area contributed by atoms with Crippen LogP contribution in [0.4, 0.5) is 0 Å². The van der Waals surface area contributed by atoms with Gasteiger partial charge >= 0.3 is 0 Å². The predicted molar refractivity (Wildman–Crippen MR) is 115 cm³/mol. The number of aliphatic hydroxyl groups is 1. The monoisotopic (exact) mass is 452 g/mol. The first-order valence-electron chi connectivity index (χ1n) is 9.45. The fourth-order valence-corrected chi connectivity index (χ4v) is 3.57. The third kappa shape index (κ3) is 4.87. The minimum atomic E-state index is 0.140. The van der Waals surface area contributed by atoms with Crippen LogP contribution in [0.2, 0.25) is 0 Å². The van der Waals surface area contributed by atoms with Gasteiger partial charge < -0.3 is 9.84 Å². The zero-order valence-corrected chi connectivity index (χ0v) is 17.4. The van der Waals surface area contributed by atoms with Crippen molar-refractivity contribution in [2.45, 2.75) is 26.2 Å². The quantitative estimate of drug-likeness (QED) is 0.429. The molecule has 29 heavy (non-hydrogen) atoms. The van der Waals surface area contributed by atoms with Gasteiger partial charge in [-0.05, 0) is 36.2 Å². The van der Waals surface area contributed by atoms with Gasteiger partial charge in [0.25, 0.3) is 0 Å². The maximum Gasteiger partial charge on any atom is 0.108 e. The van der Waals surface area contributed by atoms with Crippen LogP contribution in [-0.4, -0.2) is 31.7 Å². The molecule has 148 valence electrons. The van der Waals surface area contributed by atoms with Gasteiger partial charge in [0.1, 0.15) is 5.69 Å². The van der Waals surface area contributed by atoms with Crippen LogP contribution in [0, 0.1) is 0 Å². The molecule has 0 aliphatic carbocycles. The van der Waals surface area contributed by atoms with Crippen molar-refractivity contribution in [1.82, 2.24) is 20.0 Å². The Morgan fingerprint density at radius 1 is 1.03 bits per heavy atom. The summed E-state index contributed by atoms with van der Waals surface area (Å²) in [6, 6.07) is 18.3. The lowest BCUT2D eigenvalue weighted by atomic mass is 10.0. The van der Waals surface area contributed by atoms with E-state index in [1.54, 1.807) is 4.68 Å². The second kappa shape index (κ2) is 9.26. The average molecular weight is 453 g/mol. The second-order valence-corrected chi connectivity index (χ2v) is 7.65. The molecular weight excluding hydrogens is 432 g/mol. The van der Waals surface area contributed by atoms with E-state index < -0.39 is 0 Å². The number of aryl methyl sites for hydroxylation is 1. The molecule has 0 radical (unpaired) electrons. The van der Waals surface area contributed by atoms with Crippen LogP contribution in [-0.2, 0) is 24.5 Å². The van der Waals surface area contributed by atoms with Crippen molar-refractivity contribution in [3.63, 3.8) is 0 Å². The van der Waals surface area contributed by atoms with Crippen LogP contribution in [0.5, 0.6) is 0 Å². The highest BCUT2D eigenvalue weighted by atomic mass is 79.9. The van der Waals surface area contributed by atoms with Gasteiger partial charge in [-0.2, -0.15) is 0 Å². The molecule has 2 heterocycles. The van der Waals surface area contributed by atoms with E-state index in [1.165, 1.54) is 0 Å². The molecule has 0 unspecified atom stereocenters. The Morgan fingerprint density at radius 2 is 1.93 bits per heavy atom. The van der Waals surface area contributed by atoms with Crippen LogP contribution in [0.15, 0.2) is 65.3 Å². The topological polar surface area (TPSA) is 73.1 Å². The zero-order chi connectivity index (χ0) is 20.1. The summed E-state index contributed by atoms with van der Waals surface area (Å²) >= 11 is 3.53. The van der Waals surface area contributed by atoms with Crippen molar-refractivity contribution in [3.05, 3.63) is 76.5 Å². The number of nitrogens with zero attached hydrogens (tertiary/aromatic N) is 4. The van der Waals surface area contributed by atoms with E-state index in [9.17, 15) is 0 Å². The number of halogens is 1. The number of rotatable bonds is 8. The molecule has 0 atom stereocenters. The van der Waals surface area contributed by atoms with Gasteiger partial charge in [0.2, 0.25) is 0 Å². The molecule has 4 rings (SSSR count). The molecule has 2 aromatic heterocycles. The molecule has 0 bridgehead atoms. The smallest absolute Gasteiger partial charge is 0.108 e. The van der Waals surface area contributed by atoms with E-state index in [2.05, 4.69) is 50.5 Å². The predicted octanol–water partition coefficient (Wildman–Crippen LogP) is 4.36. The molecule has 1 N–H and O–H groups in total. The van der Waals surface area contributed by atoms with Crippen LogP contribution >= 0.6 is 15.9 Å². The normalized spacial score (nSPS) is 11.2. The maximum atomic E-state index is 8.91. The molecule has 0 aliphatic rings. The number of aliphatic hydroxyl groups excluding tert-OH is 1. The Kier molecular flexibility index (Phi) is 6.29. The minimum Gasteiger partial charge on any atom is -0.396 e. The van der Waals surface area contributed by atoms with Crippen molar-refractivity contribution < 1.29 is 9.84 Å². The molecule has 0 amide bonds. The van der Waals surface area contributed by atoms with Gasteiger partial charge in [-0.1, -0.05) is 51.5 Å². The summed E-state index contributed by atoms with van der Waals surface area (Å²) in [5, 5.41) is 18.2. The summed E-state index contributed by atoms with van der Waals surface area (Å²) < 4.78 is 8.69. The Labute approximate surface area is 177 Å². The van der Waals surface area contributed by atoms with Gasteiger partial charge in [-0.25, -0.2) is 4.98 Å². The molecular formula is C22H21BrN4O2. The van der Waals surface area contributed by atoms with Crippen molar-refractivity contribution >= 4 is 26.8 Å². The number of hydrogen-bond donors (Lipinski definition) is 1. The third-order valence-electron chi connectivity index (χ3n) is 4.56. The maximum absolute atomic E-state index is 8.91. The number of benzene rings is 2. The fraction of sp³-hybridized carbons (Fsp3) is 0.227. The van der Waals surface area contributed by atoms with Crippen LogP contribution in [0.1, 0.15) is 17.7 Å². The molecule has 0 fully saturated rings. The summed E-state index contributed by atoms with van der Waals surface area (Å²) in [6.45, 7) is 1.62. The second-order valence-electron chi connectivity index (χ2n) is 6.74. The van der Waals surface area contributed by atoms with E-state index in [4.69, 9.17) is 14.8 Å². The minimum absolute atomic E-state index is 0.140. The van der Waals surface area contributed by atoms with Gasteiger partial charge in [0.15, 0.2) is 0 Å². The van der Waals surface area contributed by atoms with Crippen molar-refractivity contribution in [3.8, 4) is 11.3 Å². The van der Waals surface area contributed by atoms with E-state index in [0.29, 0.717) is 26.2 Å². The van der Waals surface area contributed by atoms with Crippen molar-refractivity contribution in [2.24, 2.45) is 0 Å². The summed E-state index contributed by atoms with van der Waals surface area (Å²) in [6.07, 6.45) is 2.51. The number of aromatic nitrogens is 4. The lowest BCUT2D eigenvalue weighted by molar-refractivity contribution is 0.105. The summed E-state index contributed by atoms with van der Waals surface area (Å²) in [7, 11) is 0. The average Bonchev–Trinajstić information content (AvgIpc) is 3.19. The van der Waals surface area contributed by atoms with E-state index in [-0.39, 0.29) is 6.61 Å². The van der Waals surface area contributed by atoms with Gasteiger partial charge in [0.05, 0.1) is 30.6 Å². The van der Waals surface area contributed by atoms with Gasteiger partial charge in [0, 0.05) is 28.6 Å². The van der Waals surface area contributed by atoms with Crippen LogP contribution in [0.25, 0.3) is 22.2 Å². The molecule has 7 heteroatoms. The molecule has 4 aromatic rings. The first kappa shape index (κ1) is 19.7. The Hall–Kier alpha value is -2.61. The number of hydrogen-bond acceptors (Lipinski definition) is 5. The molecule has 0 saturated heterocycles. The number of para-hydroxylation sites is 1. The number of ether oxygens (including phenoxy) is 1. The molecule has 0 saturated carbocycles.